The predicted molar refractivity (Wildman–Crippen MR) is 94.3 cm³/mol. The minimum Gasteiger partial charge on any atom is -0.386 e. The van der Waals surface area contributed by atoms with E-state index in [2.05, 4.69) is 34.1 Å². The average molecular weight is 326 g/mol. The van der Waals surface area contributed by atoms with Gasteiger partial charge in [-0.15, -0.1) is 0 Å². The molecule has 128 valence electrons. The van der Waals surface area contributed by atoms with Crippen molar-refractivity contribution < 1.29 is 10.2 Å². The molecule has 4 nitrogen and oxygen atoms in total. The second-order valence-corrected chi connectivity index (χ2v) is 7.25. The highest BCUT2D eigenvalue weighted by molar-refractivity contribution is 5.30. The lowest BCUT2D eigenvalue weighted by Crippen LogP contribution is -2.44. The molecule has 0 aliphatic carbocycles. The molecule has 1 aliphatic heterocycles. The Hall–Kier alpha value is -1.75. The molecular weight excluding hydrogens is 300 g/mol. The van der Waals surface area contributed by atoms with E-state index in [1.54, 1.807) is 20.0 Å². The van der Waals surface area contributed by atoms with Crippen molar-refractivity contribution in [2.24, 2.45) is 0 Å². The Labute approximate surface area is 143 Å². The molecule has 2 N–H and O–H groups in total. The summed E-state index contributed by atoms with van der Waals surface area (Å²) in [5.74, 6) is 0. The van der Waals surface area contributed by atoms with Gasteiger partial charge in [-0.1, -0.05) is 36.4 Å². The van der Waals surface area contributed by atoms with E-state index in [0.717, 1.165) is 19.6 Å². The number of benzene rings is 1. The molecule has 1 saturated heterocycles. The molecule has 0 unspecified atom stereocenters. The molecule has 2 aromatic rings. The molecule has 0 amide bonds. The van der Waals surface area contributed by atoms with Gasteiger partial charge in [0.15, 0.2) is 0 Å². The van der Waals surface area contributed by atoms with E-state index in [0.29, 0.717) is 24.1 Å². The SMILES string of the molecule is CC(C)(O)c1cccnc1C1(O)CCN(Cc2ccccc2)CC1. The van der Waals surface area contributed by atoms with Crippen LogP contribution in [0, 0.1) is 0 Å². The van der Waals surface area contributed by atoms with Gasteiger partial charge in [0, 0.05) is 31.4 Å². The van der Waals surface area contributed by atoms with Crippen LogP contribution in [-0.4, -0.2) is 33.2 Å². The summed E-state index contributed by atoms with van der Waals surface area (Å²) in [5.41, 5.74) is 0.642. The Kier molecular flexibility index (Phi) is 4.72. The van der Waals surface area contributed by atoms with Gasteiger partial charge in [-0.3, -0.25) is 9.88 Å². The third kappa shape index (κ3) is 3.66. The van der Waals surface area contributed by atoms with Crippen LogP contribution in [0.5, 0.6) is 0 Å². The Morgan fingerprint density at radius 3 is 2.38 bits per heavy atom. The smallest absolute Gasteiger partial charge is 0.109 e. The fourth-order valence-corrected chi connectivity index (χ4v) is 3.43. The normalized spacial score (nSPS) is 18.5. The van der Waals surface area contributed by atoms with E-state index in [1.807, 2.05) is 18.2 Å². The van der Waals surface area contributed by atoms with Gasteiger partial charge < -0.3 is 10.2 Å². The second kappa shape index (κ2) is 6.63. The molecule has 0 bridgehead atoms. The van der Waals surface area contributed by atoms with Gasteiger partial charge in [-0.05, 0) is 38.3 Å². The maximum absolute atomic E-state index is 11.2. The summed E-state index contributed by atoms with van der Waals surface area (Å²) in [6.45, 7) is 6.00. The molecular formula is C20H26N2O2. The predicted octanol–water partition coefficient (Wildman–Crippen LogP) is 2.79. The molecule has 1 aromatic heterocycles. The van der Waals surface area contributed by atoms with Crippen LogP contribution in [0.15, 0.2) is 48.7 Å². The summed E-state index contributed by atoms with van der Waals surface area (Å²) in [5, 5.41) is 21.6. The molecule has 1 fully saturated rings. The number of nitrogens with zero attached hydrogens (tertiary/aromatic N) is 2. The van der Waals surface area contributed by atoms with Crippen LogP contribution in [-0.2, 0) is 17.7 Å². The van der Waals surface area contributed by atoms with E-state index < -0.39 is 11.2 Å². The van der Waals surface area contributed by atoms with E-state index in [4.69, 9.17) is 0 Å². The number of hydrogen-bond acceptors (Lipinski definition) is 4. The number of aromatic nitrogens is 1. The summed E-state index contributed by atoms with van der Waals surface area (Å²) in [7, 11) is 0. The highest BCUT2D eigenvalue weighted by atomic mass is 16.3. The third-order valence-electron chi connectivity index (χ3n) is 4.84. The van der Waals surface area contributed by atoms with Crippen LogP contribution in [0.4, 0.5) is 0 Å². The lowest BCUT2D eigenvalue weighted by atomic mass is 9.82. The van der Waals surface area contributed by atoms with Crippen molar-refractivity contribution >= 4 is 0 Å². The van der Waals surface area contributed by atoms with Crippen molar-refractivity contribution in [3.05, 3.63) is 65.5 Å². The quantitative estimate of drug-likeness (QED) is 0.907. The van der Waals surface area contributed by atoms with Crippen LogP contribution >= 0.6 is 0 Å². The van der Waals surface area contributed by atoms with Gasteiger partial charge in [-0.2, -0.15) is 0 Å². The summed E-state index contributed by atoms with van der Waals surface area (Å²) in [4.78, 5) is 6.78. The molecule has 2 heterocycles. The fraction of sp³-hybridized carbons (Fsp3) is 0.450. The maximum atomic E-state index is 11.2. The molecule has 1 aromatic carbocycles. The first kappa shape index (κ1) is 17.1. The fourth-order valence-electron chi connectivity index (χ4n) is 3.43. The van der Waals surface area contributed by atoms with Crippen molar-refractivity contribution in [1.82, 2.24) is 9.88 Å². The van der Waals surface area contributed by atoms with Gasteiger partial charge in [-0.25, -0.2) is 0 Å². The highest BCUT2D eigenvalue weighted by Gasteiger charge is 2.39. The first-order chi connectivity index (χ1) is 11.4. The zero-order valence-electron chi connectivity index (χ0n) is 14.4. The molecule has 4 heteroatoms. The molecule has 0 radical (unpaired) electrons. The van der Waals surface area contributed by atoms with Crippen LogP contribution in [0.1, 0.15) is 43.5 Å². The van der Waals surface area contributed by atoms with Crippen molar-refractivity contribution in [3.8, 4) is 0 Å². The largest absolute Gasteiger partial charge is 0.386 e. The van der Waals surface area contributed by atoms with E-state index in [1.165, 1.54) is 5.56 Å². The lowest BCUT2D eigenvalue weighted by Gasteiger charge is -2.39. The number of piperidine rings is 1. The number of rotatable bonds is 4. The molecule has 0 saturated carbocycles. The summed E-state index contributed by atoms with van der Waals surface area (Å²) < 4.78 is 0. The highest BCUT2D eigenvalue weighted by Crippen LogP contribution is 2.37. The number of likely N-dealkylation sites (tertiary alicyclic amines) is 1. The van der Waals surface area contributed by atoms with Crippen molar-refractivity contribution in [1.29, 1.82) is 0 Å². The van der Waals surface area contributed by atoms with Gasteiger partial charge in [0.2, 0.25) is 0 Å². The van der Waals surface area contributed by atoms with Crippen LogP contribution < -0.4 is 0 Å². The van der Waals surface area contributed by atoms with Gasteiger partial charge in [0.1, 0.15) is 5.60 Å². The van der Waals surface area contributed by atoms with Gasteiger partial charge in [0.25, 0.3) is 0 Å². The van der Waals surface area contributed by atoms with E-state index in [-0.39, 0.29) is 0 Å². The van der Waals surface area contributed by atoms with E-state index in [9.17, 15) is 10.2 Å². The zero-order chi connectivity index (χ0) is 17.2. The standard InChI is InChI=1S/C20H26N2O2/c1-19(2,23)17-9-6-12-21-18(17)20(24)10-13-22(14-11-20)15-16-7-4-3-5-8-16/h3-9,12,23-24H,10-11,13-15H2,1-2H3. The number of pyridine rings is 1. The molecule has 0 spiro atoms. The summed E-state index contributed by atoms with van der Waals surface area (Å²) in [6.07, 6.45) is 2.94. The van der Waals surface area contributed by atoms with Gasteiger partial charge in [0.05, 0.1) is 11.3 Å². The van der Waals surface area contributed by atoms with Crippen LogP contribution in [0.3, 0.4) is 0 Å². The molecule has 0 atom stereocenters. The lowest BCUT2D eigenvalue weighted by molar-refractivity contribution is -0.0360. The van der Waals surface area contributed by atoms with Crippen LogP contribution in [0.25, 0.3) is 0 Å². The van der Waals surface area contributed by atoms with Crippen molar-refractivity contribution in [2.45, 2.75) is 44.4 Å². The maximum Gasteiger partial charge on any atom is 0.109 e. The topological polar surface area (TPSA) is 56.6 Å². The Balaban J connectivity index is 1.74. The van der Waals surface area contributed by atoms with Crippen molar-refractivity contribution in [3.63, 3.8) is 0 Å². The Morgan fingerprint density at radius 1 is 1.08 bits per heavy atom. The van der Waals surface area contributed by atoms with E-state index >= 15 is 0 Å². The third-order valence-corrected chi connectivity index (χ3v) is 4.84. The Morgan fingerprint density at radius 2 is 1.75 bits per heavy atom. The molecule has 24 heavy (non-hydrogen) atoms. The number of hydrogen-bond donors (Lipinski definition) is 2. The second-order valence-electron chi connectivity index (χ2n) is 7.25. The molecule has 3 rings (SSSR count). The monoisotopic (exact) mass is 326 g/mol. The minimum atomic E-state index is -1.01. The first-order valence-electron chi connectivity index (χ1n) is 8.55. The number of aliphatic hydroxyl groups is 2. The zero-order valence-corrected chi connectivity index (χ0v) is 14.4. The average Bonchev–Trinajstić information content (AvgIpc) is 2.57. The van der Waals surface area contributed by atoms with Crippen LogP contribution in [0.2, 0.25) is 0 Å². The Bertz CT molecular complexity index is 672. The summed E-state index contributed by atoms with van der Waals surface area (Å²) in [6, 6.07) is 14.1. The summed E-state index contributed by atoms with van der Waals surface area (Å²) >= 11 is 0. The minimum absolute atomic E-state index is 0.622. The van der Waals surface area contributed by atoms with Crippen molar-refractivity contribution in [2.75, 3.05) is 13.1 Å². The molecule has 1 aliphatic rings. The van der Waals surface area contributed by atoms with Gasteiger partial charge >= 0.3 is 0 Å². The first-order valence-corrected chi connectivity index (χ1v) is 8.55.